The predicted molar refractivity (Wildman–Crippen MR) is 87.7 cm³/mol. The van der Waals surface area contributed by atoms with Crippen molar-refractivity contribution in [3.8, 4) is 0 Å². The lowest BCUT2D eigenvalue weighted by molar-refractivity contribution is -0.118. The van der Waals surface area contributed by atoms with E-state index in [0.29, 0.717) is 17.9 Å². The summed E-state index contributed by atoms with van der Waals surface area (Å²) in [6.07, 6.45) is 2.32. The van der Waals surface area contributed by atoms with Crippen LogP contribution in [0.4, 0.5) is 0 Å². The summed E-state index contributed by atoms with van der Waals surface area (Å²) in [5.74, 6) is 0.130. The molecular weight excluding hydrogens is 286 g/mol. The average Bonchev–Trinajstić information content (AvgIpc) is 2.63. The van der Waals surface area contributed by atoms with E-state index >= 15 is 0 Å². The zero-order chi connectivity index (χ0) is 16.2. The lowest BCUT2D eigenvalue weighted by Crippen LogP contribution is -2.29. The van der Waals surface area contributed by atoms with Crippen LogP contribution in [-0.4, -0.2) is 21.6 Å². The standard InChI is InChI=1S/C16H28ClN3O/c1-6-13-15(17)14(20(7-2)19-13)9-12(21)8-11(18)10-16(3,4)5/h11H,6-10,18H2,1-5H3. The summed E-state index contributed by atoms with van der Waals surface area (Å²) in [5.41, 5.74) is 7.90. The van der Waals surface area contributed by atoms with Gasteiger partial charge in [-0.25, -0.2) is 0 Å². The number of aromatic nitrogens is 2. The molecule has 0 aliphatic rings. The minimum atomic E-state index is -0.0973. The largest absolute Gasteiger partial charge is 0.327 e. The molecule has 120 valence electrons. The van der Waals surface area contributed by atoms with E-state index < -0.39 is 0 Å². The zero-order valence-electron chi connectivity index (χ0n) is 13.9. The minimum Gasteiger partial charge on any atom is -0.327 e. The van der Waals surface area contributed by atoms with Gasteiger partial charge in [0, 0.05) is 25.4 Å². The van der Waals surface area contributed by atoms with Crippen molar-refractivity contribution >= 4 is 17.4 Å². The molecule has 0 aliphatic heterocycles. The maximum absolute atomic E-state index is 12.2. The van der Waals surface area contributed by atoms with Gasteiger partial charge in [-0.1, -0.05) is 39.3 Å². The van der Waals surface area contributed by atoms with Crippen molar-refractivity contribution in [3.63, 3.8) is 0 Å². The molecule has 1 aromatic rings. The highest BCUT2D eigenvalue weighted by Gasteiger charge is 2.21. The maximum Gasteiger partial charge on any atom is 0.140 e. The number of Topliss-reactive ketones (excluding diaryl/α,β-unsaturated/α-hetero) is 1. The Kier molecular flexibility index (Phi) is 6.41. The first-order valence-electron chi connectivity index (χ1n) is 7.69. The van der Waals surface area contributed by atoms with E-state index in [1.54, 1.807) is 0 Å². The summed E-state index contributed by atoms with van der Waals surface area (Å²) < 4.78 is 1.83. The molecule has 0 aliphatic carbocycles. The Morgan fingerprint density at radius 2 is 2.00 bits per heavy atom. The van der Waals surface area contributed by atoms with Crippen LogP contribution in [0.5, 0.6) is 0 Å². The van der Waals surface area contributed by atoms with Crippen molar-refractivity contribution in [1.29, 1.82) is 0 Å². The molecule has 1 heterocycles. The van der Waals surface area contributed by atoms with Crippen molar-refractivity contribution in [2.75, 3.05) is 0 Å². The highest BCUT2D eigenvalue weighted by Crippen LogP contribution is 2.24. The van der Waals surface area contributed by atoms with E-state index in [2.05, 4.69) is 25.9 Å². The molecule has 0 radical (unpaired) electrons. The Labute approximate surface area is 133 Å². The van der Waals surface area contributed by atoms with Gasteiger partial charge in [0.15, 0.2) is 0 Å². The first-order valence-corrected chi connectivity index (χ1v) is 8.07. The van der Waals surface area contributed by atoms with Gasteiger partial charge in [0.05, 0.1) is 16.4 Å². The van der Waals surface area contributed by atoms with Gasteiger partial charge in [-0.2, -0.15) is 5.10 Å². The number of carbonyl (C=O) groups excluding carboxylic acids is 1. The number of rotatable bonds is 7. The van der Waals surface area contributed by atoms with Crippen LogP contribution in [0.2, 0.25) is 5.02 Å². The molecule has 0 aromatic carbocycles. The van der Waals surface area contributed by atoms with E-state index in [0.717, 1.165) is 30.8 Å². The monoisotopic (exact) mass is 313 g/mol. The van der Waals surface area contributed by atoms with Crippen molar-refractivity contribution in [3.05, 3.63) is 16.4 Å². The smallest absolute Gasteiger partial charge is 0.140 e. The second kappa shape index (κ2) is 7.41. The first kappa shape index (κ1) is 18.2. The van der Waals surface area contributed by atoms with Crippen LogP contribution < -0.4 is 5.73 Å². The van der Waals surface area contributed by atoms with E-state index in [-0.39, 0.29) is 17.2 Å². The van der Waals surface area contributed by atoms with Crippen LogP contribution in [-0.2, 0) is 24.2 Å². The third kappa shape index (κ3) is 5.44. The molecule has 4 nitrogen and oxygen atoms in total. The number of carbonyl (C=O) groups is 1. The Morgan fingerprint density at radius 1 is 1.38 bits per heavy atom. The number of hydrogen-bond donors (Lipinski definition) is 1. The van der Waals surface area contributed by atoms with Gasteiger partial charge in [0.25, 0.3) is 0 Å². The van der Waals surface area contributed by atoms with Crippen LogP contribution in [0.3, 0.4) is 0 Å². The summed E-state index contributed by atoms with van der Waals surface area (Å²) in [6, 6.07) is -0.0973. The van der Waals surface area contributed by atoms with Crippen LogP contribution in [0.25, 0.3) is 0 Å². The van der Waals surface area contributed by atoms with Crippen molar-refractivity contribution in [2.45, 2.75) is 72.9 Å². The lowest BCUT2D eigenvalue weighted by Gasteiger charge is -2.22. The van der Waals surface area contributed by atoms with Crippen molar-refractivity contribution in [1.82, 2.24) is 9.78 Å². The number of hydrogen-bond acceptors (Lipinski definition) is 3. The van der Waals surface area contributed by atoms with Crippen molar-refractivity contribution in [2.24, 2.45) is 11.1 Å². The number of nitrogens with zero attached hydrogens (tertiary/aromatic N) is 2. The SMILES string of the molecule is CCc1nn(CC)c(CC(=O)CC(N)CC(C)(C)C)c1Cl. The Balaban J connectivity index is 2.73. The normalized spacial score (nSPS) is 13.5. The van der Waals surface area contributed by atoms with Crippen LogP contribution in [0.15, 0.2) is 0 Å². The van der Waals surface area contributed by atoms with Gasteiger partial charge in [0.1, 0.15) is 5.78 Å². The van der Waals surface area contributed by atoms with Gasteiger partial charge in [-0.05, 0) is 25.2 Å². The molecule has 0 bridgehead atoms. The lowest BCUT2D eigenvalue weighted by atomic mass is 9.86. The van der Waals surface area contributed by atoms with E-state index in [4.69, 9.17) is 17.3 Å². The van der Waals surface area contributed by atoms with Crippen LogP contribution in [0.1, 0.15) is 58.8 Å². The second-order valence-corrected chi connectivity index (χ2v) is 7.20. The van der Waals surface area contributed by atoms with Gasteiger partial charge in [0.2, 0.25) is 0 Å². The van der Waals surface area contributed by atoms with E-state index in [9.17, 15) is 4.79 Å². The quantitative estimate of drug-likeness (QED) is 0.839. The fourth-order valence-electron chi connectivity index (χ4n) is 2.60. The Bertz CT molecular complexity index is 488. The molecule has 1 aromatic heterocycles. The molecule has 0 spiro atoms. The topological polar surface area (TPSA) is 60.9 Å². The first-order chi connectivity index (χ1) is 9.67. The molecule has 0 fully saturated rings. The molecule has 2 N–H and O–H groups in total. The third-order valence-corrected chi connectivity index (χ3v) is 3.86. The molecule has 21 heavy (non-hydrogen) atoms. The molecule has 0 saturated carbocycles. The molecule has 1 rings (SSSR count). The van der Waals surface area contributed by atoms with E-state index in [1.807, 2.05) is 18.5 Å². The van der Waals surface area contributed by atoms with Crippen LogP contribution in [0, 0.1) is 5.41 Å². The van der Waals surface area contributed by atoms with Gasteiger partial charge < -0.3 is 5.73 Å². The average molecular weight is 314 g/mol. The Hall–Kier alpha value is -0.870. The minimum absolute atomic E-state index is 0.0973. The highest BCUT2D eigenvalue weighted by atomic mass is 35.5. The number of ketones is 1. The van der Waals surface area contributed by atoms with Gasteiger partial charge in [-0.15, -0.1) is 0 Å². The van der Waals surface area contributed by atoms with Gasteiger partial charge >= 0.3 is 0 Å². The maximum atomic E-state index is 12.2. The number of aryl methyl sites for hydroxylation is 2. The summed E-state index contributed by atoms with van der Waals surface area (Å²) in [7, 11) is 0. The fourth-order valence-corrected chi connectivity index (χ4v) is 2.93. The molecule has 0 saturated heterocycles. The fraction of sp³-hybridized carbons (Fsp3) is 0.750. The van der Waals surface area contributed by atoms with Crippen LogP contribution >= 0.6 is 11.6 Å². The second-order valence-electron chi connectivity index (χ2n) is 6.82. The van der Waals surface area contributed by atoms with E-state index in [1.165, 1.54) is 0 Å². The highest BCUT2D eigenvalue weighted by molar-refractivity contribution is 6.32. The number of nitrogens with two attached hydrogens (primary N) is 1. The molecular formula is C16H28ClN3O. The predicted octanol–water partition coefficient (Wildman–Crippen LogP) is 3.38. The molecule has 5 heteroatoms. The summed E-state index contributed by atoms with van der Waals surface area (Å²) in [6.45, 7) is 11.1. The molecule has 1 unspecified atom stereocenters. The summed E-state index contributed by atoms with van der Waals surface area (Å²) in [4.78, 5) is 12.2. The molecule has 1 atom stereocenters. The van der Waals surface area contributed by atoms with Gasteiger partial charge in [-0.3, -0.25) is 9.48 Å². The Morgan fingerprint density at radius 3 is 2.48 bits per heavy atom. The molecule has 0 amide bonds. The zero-order valence-corrected chi connectivity index (χ0v) is 14.6. The number of halogens is 1. The van der Waals surface area contributed by atoms with Crippen molar-refractivity contribution < 1.29 is 4.79 Å². The third-order valence-electron chi connectivity index (χ3n) is 3.42. The summed E-state index contributed by atoms with van der Waals surface area (Å²) in [5, 5.41) is 5.08. The summed E-state index contributed by atoms with van der Waals surface area (Å²) >= 11 is 6.33.